The highest BCUT2D eigenvalue weighted by molar-refractivity contribution is 7.89. The molecule has 0 saturated carbocycles. The number of ether oxygens (including phenoxy) is 1. The van der Waals surface area contributed by atoms with Crippen LogP contribution in [0.2, 0.25) is 0 Å². The second-order valence-corrected chi connectivity index (χ2v) is 6.48. The fraction of sp³-hybridized carbons (Fsp3) is 0.250. The van der Waals surface area contributed by atoms with Crippen LogP contribution in [0.15, 0.2) is 53.4 Å². The topological polar surface area (TPSA) is 64.6 Å². The standard InChI is InChI=1S/C16H19NO4S/c1-13-8-9-16(14(2)12-13)22(18,19)17-21-11-10-20-15-6-4-3-5-7-15/h3-9,12,17H,10-11H2,1-2H3. The zero-order chi connectivity index (χ0) is 16.0. The molecule has 0 unspecified atom stereocenters. The molecule has 0 fully saturated rings. The number of sulfonamides is 1. The Balaban J connectivity index is 1.83. The SMILES string of the molecule is Cc1ccc(S(=O)(=O)NOCCOc2ccccc2)c(C)c1. The molecule has 0 heterocycles. The number of aryl methyl sites for hydroxylation is 2. The van der Waals surface area contributed by atoms with Crippen molar-refractivity contribution in [2.45, 2.75) is 18.7 Å². The molecule has 0 aromatic heterocycles. The van der Waals surface area contributed by atoms with Gasteiger partial charge in [-0.1, -0.05) is 40.8 Å². The van der Waals surface area contributed by atoms with E-state index in [2.05, 4.69) is 4.89 Å². The lowest BCUT2D eigenvalue weighted by molar-refractivity contribution is 0.0665. The van der Waals surface area contributed by atoms with Gasteiger partial charge in [0.15, 0.2) is 0 Å². The third kappa shape index (κ3) is 4.56. The van der Waals surface area contributed by atoms with E-state index in [1.54, 1.807) is 19.1 Å². The monoisotopic (exact) mass is 321 g/mol. The van der Waals surface area contributed by atoms with Crippen molar-refractivity contribution in [2.75, 3.05) is 13.2 Å². The van der Waals surface area contributed by atoms with Crippen LogP contribution in [-0.2, 0) is 14.9 Å². The van der Waals surface area contributed by atoms with Gasteiger partial charge < -0.3 is 4.74 Å². The smallest absolute Gasteiger partial charge is 0.262 e. The third-order valence-electron chi connectivity index (χ3n) is 2.99. The van der Waals surface area contributed by atoms with Crippen molar-refractivity contribution < 1.29 is 18.0 Å². The normalized spacial score (nSPS) is 11.4. The van der Waals surface area contributed by atoms with Crippen LogP contribution in [0, 0.1) is 13.8 Å². The molecule has 0 aliphatic rings. The van der Waals surface area contributed by atoms with Crippen LogP contribution in [0.4, 0.5) is 0 Å². The molecule has 22 heavy (non-hydrogen) atoms. The van der Waals surface area contributed by atoms with Gasteiger partial charge in [0.1, 0.15) is 19.0 Å². The molecule has 0 spiro atoms. The average molecular weight is 321 g/mol. The lowest BCUT2D eigenvalue weighted by Crippen LogP contribution is -2.26. The minimum absolute atomic E-state index is 0.110. The quantitative estimate of drug-likeness (QED) is 0.629. The molecule has 118 valence electrons. The number of nitrogens with one attached hydrogen (secondary N) is 1. The van der Waals surface area contributed by atoms with E-state index >= 15 is 0 Å². The summed E-state index contributed by atoms with van der Waals surface area (Å²) in [4.78, 5) is 7.32. The fourth-order valence-electron chi connectivity index (χ4n) is 1.98. The van der Waals surface area contributed by atoms with Gasteiger partial charge in [0.25, 0.3) is 10.0 Å². The second-order valence-electron chi connectivity index (χ2n) is 4.87. The zero-order valence-electron chi connectivity index (χ0n) is 12.6. The Kier molecular flexibility index (Phi) is 5.54. The third-order valence-corrected chi connectivity index (χ3v) is 4.36. The first-order chi connectivity index (χ1) is 10.5. The summed E-state index contributed by atoms with van der Waals surface area (Å²) < 4.78 is 29.6. The Hall–Kier alpha value is -1.89. The first-order valence-corrected chi connectivity index (χ1v) is 8.36. The van der Waals surface area contributed by atoms with Gasteiger partial charge in [-0.15, -0.1) is 0 Å². The van der Waals surface area contributed by atoms with Gasteiger partial charge in [-0.25, -0.2) is 8.42 Å². The average Bonchev–Trinajstić information content (AvgIpc) is 2.47. The summed E-state index contributed by atoms with van der Waals surface area (Å²) in [5.41, 5.74) is 1.69. The van der Waals surface area contributed by atoms with Gasteiger partial charge in [-0.05, 0) is 37.6 Å². The second kappa shape index (κ2) is 7.40. The van der Waals surface area contributed by atoms with E-state index < -0.39 is 10.0 Å². The van der Waals surface area contributed by atoms with Gasteiger partial charge in [-0.2, -0.15) is 0 Å². The summed E-state index contributed by atoms with van der Waals surface area (Å²) in [6.07, 6.45) is 0. The lowest BCUT2D eigenvalue weighted by Gasteiger charge is -2.10. The molecule has 0 aliphatic heterocycles. The summed E-state index contributed by atoms with van der Waals surface area (Å²) in [5, 5.41) is 0. The molecule has 0 amide bonds. The number of para-hydroxylation sites is 1. The van der Waals surface area contributed by atoms with Crippen LogP contribution < -0.4 is 9.62 Å². The van der Waals surface area contributed by atoms with Crippen LogP contribution >= 0.6 is 0 Å². The van der Waals surface area contributed by atoms with E-state index in [0.29, 0.717) is 11.3 Å². The number of benzene rings is 2. The van der Waals surface area contributed by atoms with Crippen LogP contribution in [0.3, 0.4) is 0 Å². The molecule has 0 saturated heterocycles. The predicted molar refractivity (Wildman–Crippen MR) is 84.1 cm³/mol. The summed E-state index contributed by atoms with van der Waals surface area (Å²) in [6, 6.07) is 14.4. The van der Waals surface area contributed by atoms with Gasteiger partial charge in [0, 0.05) is 0 Å². The molecular formula is C16H19NO4S. The van der Waals surface area contributed by atoms with E-state index in [4.69, 9.17) is 9.57 Å². The molecule has 0 atom stereocenters. The zero-order valence-corrected chi connectivity index (χ0v) is 13.4. The van der Waals surface area contributed by atoms with Crippen molar-refractivity contribution in [3.05, 3.63) is 59.7 Å². The first kappa shape index (κ1) is 16.5. The van der Waals surface area contributed by atoms with Crippen LogP contribution in [-0.4, -0.2) is 21.6 Å². The number of hydrogen-bond acceptors (Lipinski definition) is 4. The lowest BCUT2D eigenvalue weighted by atomic mass is 10.2. The van der Waals surface area contributed by atoms with Crippen molar-refractivity contribution in [2.24, 2.45) is 0 Å². The molecule has 2 aromatic rings. The molecular weight excluding hydrogens is 302 g/mol. The highest BCUT2D eigenvalue weighted by Gasteiger charge is 2.16. The summed E-state index contributed by atoms with van der Waals surface area (Å²) in [6.45, 7) is 4.02. The van der Waals surface area contributed by atoms with Crippen molar-refractivity contribution in [1.29, 1.82) is 0 Å². The minimum atomic E-state index is -3.68. The highest BCUT2D eigenvalue weighted by Crippen LogP contribution is 2.16. The fourth-order valence-corrected chi connectivity index (χ4v) is 3.04. The molecule has 2 aromatic carbocycles. The van der Waals surface area contributed by atoms with E-state index in [9.17, 15) is 8.42 Å². The van der Waals surface area contributed by atoms with Crippen LogP contribution in [0.5, 0.6) is 5.75 Å². The maximum Gasteiger partial charge on any atom is 0.262 e. The largest absolute Gasteiger partial charge is 0.491 e. The maximum atomic E-state index is 12.1. The Labute approximate surface area is 130 Å². The van der Waals surface area contributed by atoms with E-state index in [0.717, 1.165) is 5.56 Å². The summed E-state index contributed by atoms with van der Waals surface area (Å²) in [5.74, 6) is 0.711. The summed E-state index contributed by atoms with van der Waals surface area (Å²) in [7, 11) is -3.68. The van der Waals surface area contributed by atoms with Gasteiger partial charge in [0.2, 0.25) is 0 Å². The maximum absolute atomic E-state index is 12.1. The summed E-state index contributed by atoms with van der Waals surface area (Å²) >= 11 is 0. The van der Waals surface area contributed by atoms with Gasteiger partial charge in [-0.3, -0.25) is 4.84 Å². The van der Waals surface area contributed by atoms with Crippen molar-refractivity contribution in [1.82, 2.24) is 4.89 Å². The van der Waals surface area contributed by atoms with Gasteiger partial charge >= 0.3 is 0 Å². The Bertz CT molecular complexity index is 714. The van der Waals surface area contributed by atoms with E-state index in [-0.39, 0.29) is 18.1 Å². The minimum Gasteiger partial charge on any atom is -0.491 e. The van der Waals surface area contributed by atoms with Crippen LogP contribution in [0.25, 0.3) is 0 Å². The molecule has 0 aliphatic carbocycles. The first-order valence-electron chi connectivity index (χ1n) is 6.88. The Morgan fingerprint density at radius 1 is 1.00 bits per heavy atom. The highest BCUT2D eigenvalue weighted by atomic mass is 32.2. The van der Waals surface area contributed by atoms with Crippen molar-refractivity contribution in [3.8, 4) is 5.75 Å². The number of hydrogen-bond donors (Lipinski definition) is 1. The van der Waals surface area contributed by atoms with Crippen molar-refractivity contribution >= 4 is 10.0 Å². The number of rotatable bonds is 7. The van der Waals surface area contributed by atoms with Gasteiger partial charge in [0.05, 0.1) is 4.90 Å². The molecule has 2 rings (SSSR count). The molecule has 6 heteroatoms. The Morgan fingerprint density at radius 3 is 2.41 bits per heavy atom. The molecule has 0 radical (unpaired) electrons. The molecule has 1 N–H and O–H groups in total. The molecule has 5 nitrogen and oxygen atoms in total. The van der Waals surface area contributed by atoms with E-state index in [1.165, 1.54) is 0 Å². The van der Waals surface area contributed by atoms with Crippen molar-refractivity contribution in [3.63, 3.8) is 0 Å². The Morgan fingerprint density at radius 2 is 1.73 bits per heavy atom. The van der Waals surface area contributed by atoms with Crippen LogP contribution in [0.1, 0.15) is 11.1 Å². The predicted octanol–water partition coefficient (Wildman–Crippen LogP) is 2.59. The molecule has 0 bridgehead atoms. The van der Waals surface area contributed by atoms with E-state index in [1.807, 2.05) is 43.3 Å².